The Bertz CT molecular complexity index is 1360. The molecule has 1 heterocycles. The highest BCUT2D eigenvalue weighted by Gasteiger charge is 2.34. The highest BCUT2D eigenvalue weighted by atomic mass is 35.5. The second-order valence-electron chi connectivity index (χ2n) is 7.65. The van der Waals surface area contributed by atoms with Crippen LogP contribution in [0.15, 0.2) is 71.6 Å². The summed E-state index contributed by atoms with van der Waals surface area (Å²) >= 11 is 19.0. The summed E-state index contributed by atoms with van der Waals surface area (Å²) in [5.74, 6) is -0.0104. The molecule has 0 atom stereocenters. The monoisotopic (exact) mass is 576 g/mol. The van der Waals surface area contributed by atoms with Crippen LogP contribution in [0.5, 0.6) is 11.5 Å². The van der Waals surface area contributed by atoms with E-state index in [2.05, 4.69) is 5.32 Å². The number of hydrogen-bond donors (Lipinski definition) is 1. The van der Waals surface area contributed by atoms with Gasteiger partial charge in [0.1, 0.15) is 18.1 Å². The lowest BCUT2D eigenvalue weighted by molar-refractivity contribution is -0.123. The Balaban J connectivity index is 1.32. The molecule has 1 fully saturated rings. The minimum absolute atomic E-state index is 0.0822. The molecule has 3 aromatic carbocycles. The zero-order valence-electron chi connectivity index (χ0n) is 19.1. The number of thioether (sulfide) groups is 1. The molecule has 37 heavy (non-hydrogen) atoms. The molecule has 11 heteroatoms. The molecule has 1 saturated heterocycles. The van der Waals surface area contributed by atoms with E-state index in [0.717, 1.165) is 16.7 Å². The number of ether oxygens (including phenoxy) is 2. The molecule has 0 radical (unpaired) electrons. The minimum Gasteiger partial charge on any atom is -0.490 e. The summed E-state index contributed by atoms with van der Waals surface area (Å²) in [6.45, 7) is -0.0613. The summed E-state index contributed by atoms with van der Waals surface area (Å²) in [7, 11) is 0. The van der Waals surface area contributed by atoms with Gasteiger partial charge < -0.3 is 14.8 Å². The number of amides is 3. The van der Waals surface area contributed by atoms with Crippen molar-refractivity contribution in [2.75, 3.05) is 25.1 Å². The van der Waals surface area contributed by atoms with Gasteiger partial charge in [-0.05, 0) is 71.9 Å². The van der Waals surface area contributed by atoms with Gasteiger partial charge in [0.15, 0.2) is 6.61 Å². The lowest BCUT2D eigenvalue weighted by Crippen LogP contribution is -2.32. The summed E-state index contributed by atoms with van der Waals surface area (Å²) in [5.41, 5.74) is 1.18. The van der Waals surface area contributed by atoms with Crippen LogP contribution in [0.4, 0.5) is 10.5 Å². The number of nitrogens with zero attached hydrogens (tertiary/aromatic N) is 1. The number of hydrogen-bond acceptors (Lipinski definition) is 6. The predicted molar refractivity (Wildman–Crippen MR) is 147 cm³/mol. The third-order valence-electron chi connectivity index (χ3n) is 5.02. The number of rotatable bonds is 9. The van der Waals surface area contributed by atoms with E-state index in [-0.39, 0.29) is 35.6 Å². The summed E-state index contributed by atoms with van der Waals surface area (Å²) in [6, 6.07) is 18.5. The van der Waals surface area contributed by atoms with Crippen molar-refractivity contribution in [3.63, 3.8) is 0 Å². The molecule has 1 aliphatic heterocycles. The average molecular weight is 578 g/mol. The van der Waals surface area contributed by atoms with E-state index in [1.807, 2.05) is 0 Å². The highest BCUT2D eigenvalue weighted by Crippen LogP contribution is 2.34. The standard InChI is InChI=1S/C26H19Cl3N2O5S/c27-17-6-8-18(9-7-17)30-24(32)15-36-22-10-5-16(13-20(22)29)14-23-25(33)31(26(34)37-23)11-12-35-21-4-2-1-3-19(21)28/h1-10,13-14H,11-12,15H2,(H,30,32)/b23-14-. The van der Waals surface area contributed by atoms with Crippen molar-refractivity contribution in [3.8, 4) is 11.5 Å². The zero-order valence-corrected chi connectivity index (χ0v) is 22.2. The Labute approximate surface area is 232 Å². The smallest absolute Gasteiger partial charge is 0.293 e. The fourth-order valence-electron chi connectivity index (χ4n) is 3.25. The maximum Gasteiger partial charge on any atom is 0.293 e. The molecule has 0 unspecified atom stereocenters. The fourth-order valence-corrected chi connectivity index (χ4v) is 4.68. The molecular weight excluding hydrogens is 559 g/mol. The van der Waals surface area contributed by atoms with E-state index in [0.29, 0.717) is 32.8 Å². The third-order valence-corrected chi connectivity index (χ3v) is 6.79. The lowest BCUT2D eigenvalue weighted by atomic mass is 10.2. The maximum absolute atomic E-state index is 12.8. The van der Waals surface area contributed by atoms with Crippen LogP contribution in [-0.2, 0) is 9.59 Å². The predicted octanol–water partition coefficient (Wildman–Crippen LogP) is 6.78. The molecule has 1 aliphatic rings. The van der Waals surface area contributed by atoms with E-state index < -0.39 is 11.1 Å². The first-order chi connectivity index (χ1) is 17.8. The van der Waals surface area contributed by atoms with Gasteiger partial charge in [-0.15, -0.1) is 0 Å². The molecule has 190 valence electrons. The molecule has 3 amide bonds. The zero-order chi connectivity index (χ0) is 26.4. The van der Waals surface area contributed by atoms with Crippen molar-refractivity contribution in [1.82, 2.24) is 4.90 Å². The Morgan fingerprint density at radius 3 is 2.38 bits per heavy atom. The van der Waals surface area contributed by atoms with Crippen molar-refractivity contribution in [1.29, 1.82) is 0 Å². The topological polar surface area (TPSA) is 84.9 Å². The van der Waals surface area contributed by atoms with Crippen LogP contribution in [0, 0.1) is 0 Å². The van der Waals surface area contributed by atoms with E-state index in [4.69, 9.17) is 44.3 Å². The summed E-state index contributed by atoms with van der Waals surface area (Å²) in [6.07, 6.45) is 1.57. The van der Waals surface area contributed by atoms with Crippen LogP contribution in [-0.4, -0.2) is 41.7 Å². The quantitative estimate of drug-likeness (QED) is 0.282. The van der Waals surface area contributed by atoms with Crippen molar-refractivity contribution in [2.24, 2.45) is 0 Å². The van der Waals surface area contributed by atoms with Crippen molar-refractivity contribution < 1.29 is 23.9 Å². The Morgan fingerprint density at radius 2 is 1.65 bits per heavy atom. The molecule has 4 rings (SSSR count). The molecular formula is C26H19Cl3N2O5S. The van der Waals surface area contributed by atoms with Gasteiger partial charge in [-0.25, -0.2) is 0 Å². The maximum atomic E-state index is 12.8. The number of para-hydroxylation sites is 1. The Morgan fingerprint density at radius 1 is 0.919 bits per heavy atom. The van der Waals surface area contributed by atoms with Crippen LogP contribution < -0.4 is 14.8 Å². The average Bonchev–Trinajstić information content (AvgIpc) is 3.13. The van der Waals surface area contributed by atoms with E-state index in [9.17, 15) is 14.4 Å². The van der Waals surface area contributed by atoms with Crippen LogP contribution in [0.1, 0.15) is 5.56 Å². The molecule has 0 spiro atoms. The molecule has 7 nitrogen and oxygen atoms in total. The van der Waals surface area contributed by atoms with Crippen molar-refractivity contribution in [2.45, 2.75) is 0 Å². The largest absolute Gasteiger partial charge is 0.490 e. The van der Waals surface area contributed by atoms with E-state index in [1.54, 1.807) is 72.8 Å². The van der Waals surface area contributed by atoms with E-state index in [1.165, 1.54) is 0 Å². The van der Waals surface area contributed by atoms with Gasteiger partial charge in [0, 0.05) is 10.7 Å². The number of imide groups is 1. The van der Waals surface area contributed by atoms with Crippen LogP contribution in [0.2, 0.25) is 15.1 Å². The number of carbonyl (C=O) groups is 3. The van der Waals surface area contributed by atoms with Gasteiger partial charge in [0.05, 0.1) is 21.5 Å². The Hall–Kier alpha value is -3.17. The molecule has 0 aliphatic carbocycles. The normalized spacial score (nSPS) is 14.2. The van der Waals surface area contributed by atoms with Crippen LogP contribution in [0.25, 0.3) is 6.08 Å². The number of benzene rings is 3. The highest BCUT2D eigenvalue weighted by molar-refractivity contribution is 8.18. The first-order valence-electron chi connectivity index (χ1n) is 10.9. The third kappa shape index (κ3) is 7.20. The van der Waals surface area contributed by atoms with Gasteiger partial charge in [-0.2, -0.15) is 0 Å². The molecule has 0 bridgehead atoms. The second kappa shape index (κ2) is 12.4. The SMILES string of the molecule is O=C(COc1ccc(/C=C2\SC(=O)N(CCOc3ccccc3Cl)C2=O)cc1Cl)Nc1ccc(Cl)cc1. The molecule has 1 N–H and O–H groups in total. The van der Waals surface area contributed by atoms with Gasteiger partial charge >= 0.3 is 0 Å². The second-order valence-corrected chi connectivity index (χ2v) is 9.89. The van der Waals surface area contributed by atoms with E-state index >= 15 is 0 Å². The molecule has 0 aromatic heterocycles. The van der Waals surface area contributed by atoms with Gasteiger partial charge in [0.2, 0.25) is 0 Å². The molecule has 3 aromatic rings. The van der Waals surface area contributed by atoms with Crippen LogP contribution >= 0.6 is 46.6 Å². The lowest BCUT2D eigenvalue weighted by Gasteiger charge is -2.13. The van der Waals surface area contributed by atoms with Gasteiger partial charge in [0.25, 0.3) is 17.1 Å². The summed E-state index contributed by atoms with van der Waals surface area (Å²) in [5, 5.41) is 3.56. The Kier molecular flexibility index (Phi) is 9.00. The van der Waals surface area contributed by atoms with Gasteiger partial charge in [-0.1, -0.05) is 53.0 Å². The first-order valence-corrected chi connectivity index (χ1v) is 12.9. The summed E-state index contributed by atoms with van der Waals surface area (Å²) in [4.78, 5) is 38.6. The number of halogens is 3. The number of nitrogens with one attached hydrogen (secondary N) is 1. The molecule has 0 saturated carbocycles. The minimum atomic E-state index is -0.423. The van der Waals surface area contributed by atoms with Gasteiger partial charge in [-0.3, -0.25) is 19.3 Å². The number of anilines is 1. The fraction of sp³-hybridized carbons (Fsp3) is 0.115. The van der Waals surface area contributed by atoms with Crippen molar-refractivity contribution >= 4 is 75.4 Å². The summed E-state index contributed by atoms with van der Waals surface area (Å²) < 4.78 is 11.1. The number of carbonyl (C=O) groups excluding carboxylic acids is 3. The van der Waals surface area contributed by atoms with Crippen LogP contribution in [0.3, 0.4) is 0 Å². The van der Waals surface area contributed by atoms with Crippen molar-refractivity contribution in [3.05, 3.63) is 92.3 Å². The first kappa shape index (κ1) is 26.9.